The van der Waals surface area contributed by atoms with Gasteiger partial charge in [-0.05, 0) is 41.5 Å². The summed E-state index contributed by atoms with van der Waals surface area (Å²) in [5, 5.41) is 0. The van der Waals surface area contributed by atoms with Crippen LogP contribution in [0.25, 0.3) is 11.1 Å². The van der Waals surface area contributed by atoms with Gasteiger partial charge in [-0.25, -0.2) is 0 Å². The number of hydrogen-bond donors (Lipinski definition) is 0. The second-order valence-electron chi connectivity index (χ2n) is 6.02. The molecule has 0 amide bonds. The molecule has 0 bridgehead atoms. The van der Waals surface area contributed by atoms with Crippen molar-refractivity contribution >= 4 is 0 Å². The molecule has 0 unspecified atom stereocenters. The van der Waals surface area contributed by atoms with Crippen molar-refractivity contribution in [2.24, 2.45) is 0 Å². The Morgan fingerprint density at radius 1 is 0.696 bits per heavy atom. The normalized spacial score (nSPS) is 10.9. The Hall–Kier alpha value is -2.34. The molecule has 0 atom stereocenters. The van der Waals surface area contributed by atoms with Gasteiger partial charge in [0.2, 0.25) is 0 Å². The molecule has 0 aromatic heterocycles. The Bertz CT molecular complexity index is 713. The van der Waals surface area contributed by atoms with E-state index < -0.39 is 0 Å². The highest BCUT2D eigenvalue weighted by atomic mass is 14.1. The maximum Gasteiger partial charge on any atom is 0.00190 e. The van der Waals surface area contributed by atoms with E-state index in [0.29, 0.717) is 0 Å². The Kier molecular flexibility index (Phi) is 5.26. The van der Waals surface area contributed by atoms with Crippen LogP contribution in [-0.2, 0) is 6.42 Å². The predicted octanol–water partition coefficient (Wildman–Crippen LogP) is 6.32. The average Bonchev–Trinajstić information content (AvgIpc) is 2.63. The summed E-state index contributed by atoms with van der Waals surface area (Å²) in [6, 6.07) is 30.2. The summed E-state index contributed by atoms with van der Waals surface area (Å²) in [6.07, 6.45) is 3.45. The van der Waals surface area contributed by atoms with Crippen LogP contribution in [-0.4, -0.2) is 0 Å². The van der Waals surface area contributed by atoms with Crippen LogP contribution < -0.4 is 0 Å². The van der Waals surface area contributed by atoms with Crippen LogP contribution in [0, 0.1) is 5.92 Å². The maximum atomic E-state index is 2.26. The highest BCUT2D eigenvalue weighted by Crippen LogP contribution is 2.26. The Morgan fingerprint density at radius 3 is 2.04 bits per heavy atom. The summed E-state index contributed by atoms with van der Waals surface area (Å²) in [6.45, 7) is 2.25. The van der Waals surface area contributed by atoms with Crippen molar-refractivity contribution in [3.05, 3.63) is 102 Å². The number of aryl methyl sites for hydroxylation is 1. The Labute approximate surface area is 139 Å². The zero-order chi connectivity index (χ0) is 15.9. The van der Waals surface area contributed by atoms with E-state index in [1.165, 1.54) is 34.6 Å². The lowest BCUT2D eigenvalue weighted by atomic mass is 9.92. The Morgan fingerprint density at radius 2 is 1.30 bits per heavy atom. The fourth-order valence-electron chi connectivity index (χ4n) is 3.05. The molecule has 0 heterocycles. The predicted molar refractivity (Wildman–Crippen MR) is 99.3 cm³/mol. The fraction of sp³-hybridized carbons (Fsp3) is 0.174. The molecule has 3 aromatic carbocycles. The van der Waals surface area contributed by atoms with Crippen molar-refractivity contribution in [3.63, 3.8) is 0 Å². The maximum absolute atomic E-state index is 2.26. The quantitative estimate of drug-likeness (QED) is 0.499. The minimum absolute atomic E-state index is 1.12. The van der Waals surface area contributed by atoms with Gasteiger partial charge in [-0.1, -0.05) is 91.9 Å². The van der Waals surface area contributed by atoms with Gasteiger partial charge in [0, 0.05) is 5.92 Å². The van der Waals surface area contributed by atoms with Crippen molar-refractivity contribution in [3.8, 4) is 11.1 Å². The van der Waals surface area contributed by atoms with E-state index >= 15 is 0 Å². The second-order valence-corrected chi connectivity index (χ2v) is 6.02. The lowest BCUT2D eigenvalue weighted by Gasteiger charge is -2.13. The third-order valence-corrected chi connectivity index (χ3v) is 4.37. The van der Waals surface area contributed by atoms with Gasteiger partial charge in [0.15, 0.2) is 0 Å². The summed E-state index contributed by atoms with van der Waals surface area (Å²) >= 11 is 0. The molecule has 115 valence electrons. The highest BCUT2D eigenvalue weighted by Gasteiger charge is 2.08. The molecular weight excluding hydrogens is 276 g/mol. The number of benzene rings is 3. The summed E-state index contributed by atoms with van der Waals surface area (Å²) in [5.41, 5.74) is 5.49. The molecule has 0 aliphatic rings. The van der Waals surface area contributed by atoms with E-state index in [1.807, 2.05) is 0 Å². The Balaban J connectivity index is 1.65. The van der Waals surface area contributed by atoms with E-state index in [-0.39, 0.29) is 0 Å². The average molecular weight is 299 g/mol. The fourth-order valence-corrected chi connectivity index (χ4v) is 3.05. The van der Waals surface area contributed by atoms with E-state index in [2.05, 4.69) is 91.9 Å². The van der Waals surface area contributed by atoms with Gasteiger partial charge in [0.1, 0.15) is 0 Å². The van der Waals surface area contributed by atoms with Gasteiger partial charge < -0.3 is 0 Å². The van der Waals surface area contributed by atoms with Crippen LogP contribution in [0.2, 0.25) is 0 Å². The first-order chi connectivity index (χ1) is 11.3. The van der Waals surface area contributed by atoms with Crippen LogP contribution in [0.1, 0.15) is 30.9 Å². The molecule has 0 fully saturated rings. The van der Waals surface area contributed by atoms with E-state index in [1.54, 1.807) is 0 Å². The van der Waals surface area contributed by atoms with Crippen LogP contribution in [0.5, 0.6) is 0 Å². The van der Waals surface area contributed by atoms with Gasteiger partial charge in [0.05, 0.1) is 0 Å². The number of hydrogen-bond acceptors (Lipinski definition) is 0. The first kappa shape index (κ1) is 15.6. The lowest BCUT2D eigenvalue weighted by Crippen LogP contribution is -1.97. The third-order valence-electron chi connectivity index (χ3n) is 4.37. The SMILES string of the molecule is C[C](CCCc1ccccc1-c1ccccc1)c1ccccc1. The molecule has 0 nitrogen and oxygen atoms in total. The summed E-state index contributed by atoms with van der Waals surface area (Å²) in [4.78, 5) is 0. The van der Waals surface area contributed by atoms with Gasteiger partial charge in [0.25, 0.3) is 0 Å². The minimum atomic E-state index is 1.12. The smallest absolute Gasteiger partial charge is 0.00190 e. The van der Waals surface area contributed by atoms with E-state index in [9.17, 15) is 0 Å². The van der Waals surface area contributed by atoms with E-state index in [0.717, 1.165) is 12.8 Å². The van der Waals surface area contributed by atoms with Crippen LogP contribution in [0.4, 0.5) is 0 Å². The summed E-state index contributed by atoms with van der Waals surface area (Å²) in [5.74, 6) is 1.47. The molecule has 0 spiro atoms. The molecule has 1 radical (unpaired) electrons. The molecule has 0 heteroatoms. The highest BCUT2D eigenvalue weighted by molar-refractivity contribution is 5.67. The van der Waals surface area contributed by atoms with Gasteiger partial charge in [-0.15, -0.1) is 0 Å². The van der Waals surface area contributed by atoms with Crippen LogP contribution in [0.3, 0.4) is 0 Å². The second kappa shape index (κ2) is 7.78. The molecule has 0 aliphatic carbocycles. The number of rotatable bonds is 6. The topological polar surface area (TPSA) is 0 Å². The summed E-state index contributed by atoms with van der Waals surface area (Å²) < 4.78 is 0. The van der Waals surface area contributed by atoms with Gasteiger partial charge in [-0.2, -0.15) is 0 Å². The van der Waals surface area contributed by atoms with Crippen molar-refractivity contribution < 1.29 is 0 Å². The molecule has 0 saturated heterocycles. The van der Waals surface area contributed by atoms with Gasteiger partial charge >= 0.3 is 0 Å². The monoisotopic (exact) mass is 299 g/mol. The van der Waals surface area contributed by atoms with Crippen molar-refractivity contribution in [1.29, 1.82) is 0 Å². The minimum Gasteiger partial charge on any atom is -0.0622 e. The zero-order valence-corrected chi connectivity index (χ0v) is 13.7. The summed E-state index contributed by atoms with van der Waals surface area (Å²) in [7, 11) is 0. The molecule has 0 aliphatic heterocycles. The van der Waals surface area contributed by atoms with Gasteiger partial charge in [-0.3, -0.25) is 0 Å². The van der Waals surface area contributed by atoms with Crippen molar-refractivity contribution in [1.82, 2.24) is 0 Å². The first-order valence-electron chi connectivity index (χ1n) is 8.36. The van der Waals surface area contributed by atoms with E-state index in [4.69, 9.17) is 0 Å². The molecule has 3 rings (SSSR count). The first-order valence-corrected chi connectivity index (χ1v) is 8.36. The largest absolute Gasteiger partial charge is 0.0622 e. The molecule has 0 N–H and O–H groups in total. The zero-order valence-electron chi connectivity index (χ0n) is 13.7. The molecule has 23 heavy (non-hydrogen) atoms. The third kappa shape index (κ3) is 4.10. The van der Waals surface area contributed by atoms with Crippen molar-refractivity contribution in [2.45, 2.75) is 26.2 Å². The van der Waals surface area contributed by atoms with Crippen LogP contribution in [0.15, 0.2) is 84.9 Å². The van der Waals surface area contributed by atoms with Crippen LogP contribution >= 0.6 is 0 Å². The molecule has 0 saturated carbocycles. The van der Waals surface area contributed by atoms with Crippen molar-refractivity contribution in [2.75, 3.05) is 0 Å². The molecular formula is C23H23. The molecule has 3 aromatic rings. The standard InChI is InChI=1S/C23H23/c1-19(20-12-4-2-5-13-20)11-10-17-22-16-8-9-18-23(22)21-14-6-3-7-15-21/h2-9,12-16,18H,10-11,17H2,1H3. The lowest BCUT2D eigenvalue weighted by molar-refractivity contribution is 0.762.